The summed E-state index contributed by atoms with van der Waals surface area (Å²) in [6.07, 6.45) is 3.59. The minimum Gasteiger partial charge on any atom is -0.416 e. The molecule has 1 saturated heterocycles. The summed E-state index contributed by atoms with van der Waals surface area (Å²) in [7, 11) is -1.80. The lowest BCUT2D eigenvalue weighted by Gasteiger charge is -2.49. The van der Waals surface area contributed by atoms with Gasteiger partial charge in [0.1, 0.15) is 6.10 Å². The number of nitrogens with zero attached hydrogens (tertiary/aromatic N) is 1. The summed E-state index contributed by atoms with van der Waals surface area (Å²) in [5.41, 5.74) is 2.08. The Morgan fingerprint density at radius 1 is 1.32 bits per heavy atom. The lowest BCUT2D eigenvalue weighted by Crippen LogP contribution is -2.49. The van der Waals surface area contributed by atoms with Crippen molar-refractivity contribution in [2.75, 3.05) is 13.2 Å². The maximum Gasteiger partial charge on any atom is 0.192 e. The third-order valence-electron chi connectivity index (χ3n) is 7.98. The molecule has 2 aliphatic rings. The van der Waals surface area contributed by atoms with Crippen LogP contribution in [-0.4, -0.2) is 44.6 Å². The van der Waals surface area contributed by atoms with Gasteiger partial charge in [-0.15, -0.1) is 6.58 Å². The Morgan fingerprint density at radius 3 is 2.45 bits per heavy atom. The van der Waals surface area contributed by atoms with E-state index in [0.29, 0.717) is 26.1 Å². The van der Waals surface area contributed by atoms with Crippen molar-refractivity contribution >= 4 is 8.32 Å². The summed E-state index contributed by atoms with van der Waals surface area (Å²) in [6.45, 7) is 17.8. The first-order chi connectivity index (χ1) is 14.6. The van der Waals surface area contributed by atoms with Crippen LogP contribution < -0.4 is 0 Å². The van der Waals surface area contributed by atoms with E-state index in [4.69, 9.17) is 13.9 Å². The van der Waals surface area contributed by atoms with E-state index in [0.717, 1.165) is 31.0 Å². The van der Waals surface area contributed by atoms with E-state index in [1.54, 1.807) is 6.08 Å². The van der Waals surface area contributed by atoms with Gasteiger partial charge >= 0.3 is 0 Å². The molecule has 0 amide bonds. The first-order valence-electron chi connectivity index (χ1n) is 12.0. The number of ether oxygens (including phenoxy) is 2. The summed E-state index contributed by atoms with van der Waals surface area (Å²) in [5.74, 6) is -0.546. The first kappa shape index (κ1) is 26.3. The number of aliphatic hydroxyl groups is 1. The van der Waals surface area contributed by atoms with Crippen molar-refractivity contribution in [3.05, 3.63) is 23.8 Å². The van der Waals surface area contributed by atoms with Crippen LogP contribution >= 0.6 is 0 Å². The Kier molecular flexibility index (Phi) is 9.12. The molecule has 0 aromatic carbocycles. The fraction of sp³-hybridized carbons (Fsp3) is 0.800. The van der Waals surface area contributed by atoms with Crippen LogP contribution in [0.1, 0.15) is 67.2 Å². The lowest BCUT2D eigenvalue weighted by molar-refractivity contribution is -0.135. The SMILES string of the molecule is C=C[C@H](O)[C@@]1(CCC#N)CCC([C@@H]2COC(C)(C)O2)=C(C)[C@@H]1CO[Si](CC)(CC)CC. The van der Waals surface area contributed by atoms with Crippen molar-refractivity contribution in [1.82, 2.24) is 0 Å². The fourth-order valence-corrected chi connectivity index (χ4v) is 8.23. The molecule has 6 heteroatoms. The normalized spacial score (nSPS) is 29.6. The number of nitriles is 1. The molecular formula is C25H43NO4Si. The zero-order chi connectivity index (χ0) is 23.3. The molecule has 0 bridgehead atoms. The second-order valence-corrected chi connectivity index (χ2v) is 14.5. The van der Waals surface area contributed by atoms with Crippen molar-refractivity contribution in [3.8, 4) is 6.07 Å². The second kappa shape index (κ2) is 10.8. The summed E-state index contributed by atoms with van der Waals surface area (Å²) < 4.78 is 18.8. The van der Waals surface area contributed by atoms with Crippen LogP contribution in [0.25, 0.3) is 0 Å². The minimum atomic E-state index is -1.80. The van der Waals surface area contributed by atoms with Crippen molar-refractivity contribution in [2.24, 2.45) is 11.3 Å². The zero-order valence-corrected chi connectivity index (χ0v) is 21.5. The fourth-order valence-electron chi connectivity index (χ4n) is 5.60. The average Bonchev–Trinajstić information content (AvgIpc) is 3.13. The quantitative estimate of drug-likeness (QED) is 0.322. The maximum absolute atomic E-state index is 11.1. The molecule has 0 aromatic heterocycles. The van der Waals surface area contributed by atoms with Crippen LogP contribution in [0.15, 0.2) is 23.8 Å². The molecule has 0 unspecified atom stereocenters. The highest BCUT2D eigenvalue weighted by atomic mass is 28.4. The molecule has 0 spiro atoms. The number of hydrogen-bond donors (Lipinski definition) is 1. The van der Waals surface area contributed by atoms with Crippen molar-refractivity contribution < 1.29 is 19.0 Å². The Morgan fingerprint density at radius 2 is 1.97 bits per heavy atom. The number of hydrogen-bond acceptors (Lipinski definition) is 5. The van der Waals surface area contributed by atoms with Gasteiger partial charge in [0.25, 0.3) is 0 Å². The molecule has 1 heterocycles. The molecule has 0 saturated carbocycles. The maximum atomic E-state index is 11.1. The molecule has 1 aliphatic carbocycles. The monoisotopic (exact) mass is 449 g/mol. The Hall–Kier alpha value is -0.973. The molecule has 0 radical (unpaired) electrons. The van der Waals surface area contributed by atoms with Crippen molar-refractivity contribution in [2.45, 2.75) is 103 Å². The van der Waals surface area contributed by atoms with E-state index in [1.165, 1.54) is 11.1 Å². The Bertz CT molecular complexity index is 686. The molecule has 2 rings (SSSR count). The van der Waals surface area contributed by atoms with E-state index < -0.39 is 25.6 Å². The van der Waals surface area contributed by atoms with Crippen LogP contribution in [0.4, 0.5) is 0 Å². The molecule has 1 N–H and O–H groups in total. The smallest absolute Gasteiger partial charge is 0.192 e. The van der Waals surface area contributed by atoms with E-state index in [-0.39, 0.29) is 12.0 Å². The molecule has 31 heavy (non-hydrogen) atoms. The number of aliphatic hydroxyl groups excluding tert-OH is 1. The Labute approximate surface area is 190 Å². The molecule has 1 aliphatic heterocycles. The van der Waals surface area contributed by atoms with Crippen LogP contribution in [0.3, 0.4) is 0 Å². The standard InChI is InChI=1S/C25H43NO4Si/c1-8-23(27)25(14-12-16-26)15-13-20(22-18-28-24(6,7)30-22)19(5)21(25)17-29-31(9-2,10-3)11-4/h8,21-23,27H,1,9-15,17-18H2,2-7H3/t21-,22-,23-,25-/m0/s1. The highest BCUT2D eigenvalue weighted by molar-refractivity contribution is 6.73. The third kappa shape index (κ3) is 5.51. The first-order valence-corrected chi connectivity index (χ1v) is 14.5. The summed E-state index contributed by atoms with van der Waals surface area (Å²) in [4.78, 5) is 0. The summed E-state index contributed by atoms with van der Waals surface area (Å²) >= 11 is 0. The van der Waals surface area contributed by atoms with Gasteiger partial charge in [-0.05, 0) is 63.7 Å². The van der Waals surface area contributed by atoms with Crippen molar-refractivity contribution in [1.29, 1.82) is 5.26 Å². The van der Waals surface area contributed by atoms with Gasteiger partial charge in [0.05, 0.1) is 18.8 Å². The van der Waals surface area contributed by atoms with Gasteiger partial charge in [-0.2, -0.15) is 5.26 Å². The lowest BCUT2D eigenvalue weighted by atomic mass is 9.59. The largest absolute Gasteiger partial charge is 0.416 e. The van der Waals surface area contributed by atoms with Crippen LogP contribution in [0, 0.1) is 22.7 Å². The van der Waals surface area contributed by atoms with Crippen LogP contribution in [0.5, 0.6) is 0 Å². The van der Waals surface area contributed by atoms with Gasteiger partial charge in [0, 0.05) is 24.4 Å². The minimum absolute atomic E-state index is 0.0291. The summed E-state index contributed by atoms with van der Waals surface area (Å²) in [6, 6.07) is 5.56. The average molecular weight is 450 g/mol. The molecule has 176 valence electrons. The molecule has 0 aromatic rings. The van der Waals surface area contributed by atoms with Gasteiger partial charge in [-0.3, -0.25) is 0 Å². The van der Waals surface area contributed by atoms with Crippen LogP contribution in [0.2, 0.25) is 18.1 Å². The van der Waals surface area contributed by atoms with E-state index in [2.05, 4.69) is 40.3 Å². The Balaban J connectivity index is 2.46. The van der Waals surface area contributed by atoms with Crippen LogP contribution in [-0.2, 0) is 13.9 Å². The highest BCUT2D eigenvalue weighted by Crippen LogP contribution is 2.52. The van der Waals surface area contributed by atoms with E-state index in [1.807, 2.05) is 13.8 Å². The topological polar surface area (TPSA) is 71.7 Å². The van der Waals surface area contributed by atoms with Gasteiger partial charge in [-0.1, -0.05) is 32.4 Å². The van der Waals surface area contributed by atoms with E-state index in [9.17, 15) is 10.4 Å². The molecule has 1 fully saturated rings. The molecular weight excluding hydrogens is 406 g/mol. The summed E-state index contributed by atoms with van der Waals surface area (Å²) in [5, 5.41) is 20.5. The predicted molar refractivity (Wildman–Crippen MR) is 127 cm³/mol. The number of rotatable bonds is 11. The molecule has 5 nitrogen and oxygen atoms in total. The van der Waals surface area contributed by atoms with Gasteiger partial charge in [-0.25, -0.2) is 0 Å². The third-order valence-corrected chi connectivity index (χ3v) is 12.6. The zero-order valence-electron chi connectivity index (χ0n) is 20.5. The predicted octanol–water partition coefficient (Wildman–Crippen LogP) is 5.72. The van der Waals surface area contributed by atoms with Gasteiger partial charge < -0.3 is 19.0 Å². The highest BCUT2D eigenvalue weighted by Gasteiger charge is 2.49. The van der Waals surface area contributed by atoms with E-state index >= 15 is 0 Å². The van der Waals surface area contributed by atoms with Gasteiger partial charge in [0.15, 0.2) is 14.1 Å². The second-order valence-electron chi connectivity index (χ2n) is 9.70. The van der Waals surface area contributed by atoms with Gasteiger partial charge in [0.2, 0.25) is 0 Å². The van der Waals surface area contributed by atoms with Crippen molar-refractivity contribution in [3.63, 3.8) is 0 Å². The molecule has 4 atom stereocenters.